The molecule has 2 aromatic heterocycles. The van der Waals surface area contributed by atoms with Gasteiger partial charge in [-0.3, -0.25) is 9.59 Å². The van der Waals surface area contributed by atoms with Gasteiger partial charge in [-0.1, -0.05) is 0 Å². The first-order valence-corrected chi connectivity index (χ1v) is 7.91. The molecule has 11 heteroatoms. The Morgan fingerprint density at radius 3 is 2.21 bits per heavy atom. The molecule has 1 aromatic carbocycles. The van der Waals surface area contributed by atoms with Gasteiger partial charge in [0.15, 0.2) is 11.5 Å². The second-order valence-electron chi connectivity index (χ2n) is 5.80. The Labute approximate surface area is 156 Å². The summed E-state index contributed by atoms with van der Waals surface area (Å²) in [6.45, 7) is -0.0947. The molecule has 28 heavy (non-hydrogen) atoms. The molecular weight excluding hydrogens is 374 g/mol. The first kappa shape index (κ1) is 18.8. The number of carbonyl (C=O) groups is 2. The summed E-state index contributed by atoms with van der Waals surface area (Å²) in [5, 5.41) is 2.52. The highest BCUT2D eigenvalue weighted by Gasteiger charge is 2.17. The maximum Gasteiger partial charge on any atom is 0.518 e. The van der Waals surface area contributed by atoms with Crippen molar-refractivity contribution in [1.82, 2.24) is 10.2 Å². The number of carbonyl (C=O) groups excluding carboxylic acids is 2. The highest BCUT2D eigenvalue weighted by molar-refractivity contribution is 6.00. The lowest BCUT2D eigenvalue weighted by Crippen LogP contribution is -2.27. The quantitative estimate of drug-likeness (QED) is 0.574. The van der Waals surface area contributed by atoms with Crippen LogP contribution in [0.5, 0.6) is 0 Å². The van der Waals surface area contributed by atoms with Gasteiger partial charge < -0.3 is 33.6 Å². The maximum atomic E-state index is 12.6. The monoisotopic (exact) mass is 389 g/mol. The Bertz CT molecular complexity index is 1120. The number of nitrogens with one attached hydrogen (secondary N) is 1. The van der Waals surface area contributed by atoms with Gasteiger partial charge in [0.2, 0.25) is 0 Å². The molecule has 0 atom stereocenters. The highest BCUT2D eigenvalue weighted by Crippen LogP contribution is 2.15. The van der Waals surface area contributed by atoms with Gasteiger partial charge in [0.05, 0.1) is 13.1 Å². The summed E-state index contributed by atoms with van der Waals surface area (Å²) < 4.78 is 18.4. The van der Waals surface area contributed by atoms with E-state index in [1.54, 1.807) is 0 Å². The second kappa shape index (κ2) is 7.70. The molecule has 0 aliphatic carbocycles. The molecular formula is C17H15N3O8. The van der Waals surface area contributed by atoms with E-state index in [0.29, 0.717) is 0 Å². The third-order valence-electron chi connectivity index (χ3n) is 3.63. The summed E-state index contributed by atoms with van der Waals surface area (Å²) in [7, 11) is 1.49. The molecule has 0 fully saturated rings. The average Bonchev–Trinajstić information content (AvgIpc) is 3.26. The Morgan fingerprint density at radius 1 is 1.00 bits per heavy atom. The molecule has 2 amide bonds. The molecule has 2 heterocycles. The van der Waals surface area contributed by atoms with Gasteiger partial charge in [-0.2, -0.15) is 0 Å². The zero-order valence-corrected chi connectivity index (χ0v) is 14.6. The van der Waals surface area contributed by atoms with Crippen molar-refractivity contribution < 1.29 is 27.3 Å². The van der Waals surface area contributed by atoms with Gasteiger partial charge in [0.1, 0.15) is 12.5 Å². The minimum atomic E-state index is -0.877. The van der Waals surface area contributed by atoms with E-state index in [9.17, 15) is 19.2 Å². The average molecular weight is 389 g/mol. The van der Waals surface area contributed by atoms with Gasteiger partial charge in [-0.25, -0.2) is 9.59 Å². The van der Waals surface area contributed by atoms with Crippen molar-refractivity contribution >= 4 is 17.5 Å². The van der Waals surface area contributed by atoms with Crippen LogP contribution in [-0.4, -0.2) is 23.8 Å². The van der Waals surface area contributed by atoms with Crippen molar-refractivity contribution in [2.24, 2.45) is 0 Å². The molecule has 0 saturated carbocycles. The molecule has 0 aliphatic heterocycles. The summed E-state index contributed by atoms with van der Waals surface area (Å²) in [5.41, 5.74) is 6.30. The lowest BCUT2D eigenvalue weighted by Gasteiger charge is -2.16. The third kappa shape index (κ3) is 4.38. The lowest BCUT2D eigenvalue weighted by molar-refractivity contribution is 0.0774. The highest BCUT2D eigenvalue weighted by atomic mass is 16.6. The van der Waals surface area contributed by atoms with Crippen LogP contribution < -0.4 is 22.7 Å². The molecule has 0 radical (unpaired) electrons. The molecule has 11 nitrogen and oxygen atoms in total. The fourth-order valence-corrected chi connectivity index (χ4v) is 2.39. The van der Waals surface area contributed by atoms with E-state index in [1.165, 1.54) is 30.1 Å². The summed E-state index contributed by atoms with van der Waals surface area (Å²) in [6, 6.07) is 4.17. The van der Waals surface area contributed by atoms with Crippen LogP contribution in [0.15, 0.2) is 58.0 Å². The van der Waals surface area contributed by atoms with E-state index in [1.807, 2.05) is 0 Å². The van der Waals surface area contributed by atoms with Crippen molar-refractivity contribution in [3.63, 3.8) is 0 Å². The minimum absolute atomic E-state index is 0.0135. The smallest absolute Gasteiger partial charge is 0.399 e. The maximum absolute atomic E-state index is 12.6. The third-order valence-corrected chi connectivity index (χ3v) is 3.63. The summed E-state index contributed by atoms with van der Waals surface area (Å²) in [5.74, 6) is -2.42. The molecule has 0 saturated heterocycles. The Balaban J connectivity index is 1.72. The van der Waals surface area contributed by atoms with Gasteiger partial charge in [0.25, 0.3) is 11.8 Å². The molecule has 3 rings (SSSR count). The number of benzene rings is 1. The first-order chi connectivity index (χ1) is 13.3. The minimum Gasteiger partial charge on any atom is -0.399 e. The fourth-order valence-electron chi connectivity index (χ4n) is 2.39. The molecule has 146 valence electrons. The lowest BCUT2D eigenvalue weighted by atomic mass is 10.1. The van der Waals surface area contributed by atoms with Crippen LogP contribution >= 0.6 is 0 Å². The number of nitrogens with two attached hydrogens (primary N) is 1. The Morgan fingerprint density at radius 2 is 1.61 bits per heavy atom. The van der Waals surface area contributed by atoms with Crippen molar-refractivity contribution in [3.05, 3.63) is 74.6 Å². The van der Waals surface area contributed by atoms with Gasteiger partial charge >= 0.3 is 11.6 Å². The van der Waals surface area contributed by atoms with Crippen LogP contribution in [0.3, 0.4) is 0 Å². The number of nitrogen functional groups attached to an aromatic ring is 1. The van der Waals surface area contributed by atoms with E-state index < -0.39 is 23.5 Å². The molecule has 0 unspecified atom stereocenters. The van der Waals surface area contributed by atoms with Gasteiger partial charge in [-0.05, 0) is 18.2 Å². The summed E-state index contributed by atoms with van der Waals surface area (Å²) in [6.07, 6.45) is 2.19. The summed E-state index contributed by atoms with van der Waals surface area (Å²) in [4.78, 5) is 47.9. The predicted octanol–water partition coefficient (Wildman–Crippen LogP) is 0.563. The Hall–Kier alpha value is -4.02. The number of rotatable bonds is 6. The molecule has 0 aliphatic rings. The fraction of sp³-hybridized carbons (Fsp3) is 0.176. The van der Waals surface area contributed by atoms with Crippen LogP contribution in [0, 0.1) is 0 Å². The molecule has 3 N–H and O–H groups in total. The summed E-state index contributed by atoms with van der Waals surface area (Å²) >= 11 is 0. The van der Waals surface area contributed by atoms with Crippen molar-refractivity contribution in [2.45, 2.75) is 13.1 Å². The van der Waals surface area contributed by atoms with E-state index in [4.69, 9.17) is 10.2 Å². The number of nitrogens with zero attached hydrogens (tertiary/aromatic N) is 1. The number of amides is 2. The van der Waals surface area contributed by atoms with Crippen molar-refractivity contribution in [2.75, 3.05) is 12.8 Å². The SMILES string of the molecule is CN(Cc1coc(=O)o1)C(=O)c1cc(N)cc(C(=O)NCc2coc(=O)o2)c1. The predicted molar refractivity (Wildman–Crippen MR) is 92.3 cm³/mol. The van der Waals surface area contributed by atoms with E-state index >= 15 is 0 Å². The normalized spacial score (nSPS) is 10.6. The topological polar surface area (TPSA) is 162 Å². The zero-order valence-electron chi connectivity index (χ0n) is 14.6. The van der Waals surface area contributed by atoms with Gasteiger partial charge in [0, 0.05) is 23.9 Å². The van der Waals surface area contributed by atoms with Crippen LogP contribution in [-0.2, 0) is 13.1 Å². The number of anilines is 1. The van der Waals surface area contributed by atoms with E-state index in [0.717, 1.165) is 12.5 Å². The van der Waals surface area contributed by atoms with Crippen molar-refractivity contribution in [1.29, 1.82) is 0 Å². The van der Waals surface area contributed by atoms with Crippen LogP contribution in [0.25, 0.3) is 0 Å². The van der Waals surface area contributed by atoms with E-state index in [2.05, 4.69) is 18.6 Å². The molecule has 3 aromatic rings. The zero-order chi connectivity index (χ0) is 20.3. The molecule has 0 spiro atoms. The molecule has 0 bridgehead atoms. The van der Waals surface area contributed by atoms with Crippen LogP contribution in [0.1, 0.15) is 32.2 Å². The van der Waals surface area contributed by atoms with Crippen molar-refractivity contribution in [3.8, 4) is 0 Å². The largest absolute Gasteiger partial charge is 0.518 e. The standard InChI is InChI=1S/C17H15N3O8/c1-20(6-13-8-26-17(24)28-13)15(22)10-2-9(3-11(18)4-10)14(21)19-5-12-7-25-16(23)27-12/h2-4,7-8H,5-6,18H2,1H3,(H,19,21). The first-order valence-electron chi connectivity index (χ1n) is 7.91. The van der Waals surface area contributed by atoms with Crippen LogP contribution in [0.2, 0.25) is 0 Å². The number of hydrogen-bond donors (Lipinski definition) is 2. The van der Waals surface area contributed by atoms with Crippen LogP contribution in [0.4, 0.5) is 5.69 Å². The Kier molecular flexibility index (Phi) is 5.16. The van der Waals surface area contributed by atoms with E-state index in [-0.39, 0.29) is 41.4 Å². The van der Waals surface area contributed by atoms with Gasteiger partial charge in [-0.15, -0.1) is 0 Å². The number of hydrogen-bond acceptors (Lipinski definition) is 9. The second-order valence-corrected chi connectivity index (χ2v) is 5.80.